The molecule has 2 rings (SSSR count). The van der Waals surface area contributed by atoms with Crippen LogP contribution in [0, 0.1) is 6.92 Å². The van der Waals surface area contributed by atoms with Crippen LogP contribution in [0.3, 0.4) is 0 Å². The van der Waals surface area contributed by atoms with Crippen LogP contribution in [0.25, 0.3) is 0 Å². The van der Waals surface area contributed by atoms with Gasteiger partial charge in [-0.25, -0.2) is 0 Å². The number of para-hydroxylation sites is 1. The summed E-state index contributed by atoms with van der Waals surface area (Å²) in [5, 5.41) is 5.43. The van der Waals surface area contributed by atoms with Gasteiger partial charge < -0.3 is 15.4 Å². The van der Waals surface area contributed by atoms with Crippen molar-refractivity contribution in [3.8, 4) is 5.75 Å². The predicted octanol–water partition coefficient (Wildman–Crippen LogP) is 3.03. The second kappa shape index (κ2) is 10.5. The van der Waals surface area contributed by atoms with Crippen molar-refractivity contribution in [2.24, 2.45) is 0 Å². The molecule has 0 saturated heterocycles. The summed E-state index contributed by atoms with van der Waals surface area (Å²) in [7, 11) is 0. The fraction of sp³-hybridized carbons (Fsp3) is 0.300. The maximum Gasteiger partial charge on any atom is 0.255 e. The van der Waals surface area contributed by atoms with E-state index in [0.29, 0.717) is 24.5 Å². The Bertz CT molecular complexity index is 732. The fourth-order valence-corrected chi connectivity index (χ4v) is 3.02. The molecule has 6 heteroatoms. The lowest BCUT2D eigenvalue weighted by molar-refractivity contribution is -0.120. The van der Waals surface area contributed by atoms with Crippen molar-refractivity contribution in [1.29, 1.82) is 0 Å². The SMILES string of the molecule is CCOc1ccccc1C(=O)NCC(=O)NCCSc1ccc(C)cc1. The van der Waals surface area contributed by atoms with Gasteiger partial charge in [0, 0.05) is 17.2 Å². The minimum atomic E-state index is -0.321. The molecule has 5 nitrogen and oxygen atoms in total. The lowest BCUT2D eigenvalue weighted by atomic mass is 10.2. The molecule has 2 amide bonds. The van der Waals surface area contributed by atoms with E-state index in [1.807, 2.05) is 6.92 Å². The van der Waals surface area contributed by atoms with Gasteiger partial charge in [0.1, 0.15) is 5.75 Å². The lowest BCUT2D eigenvalue weighted by Gasteiger charge is -2.10. The molecule has 0 spiro atoms. The number of hydrogen-bond acceptors (Lipinski definition) is 4. The number of nitrogens with one attached hydrogen (secondary N) is 2. The number of amides is 2. The normalized spacial score (nSPS) is 10.2. The highest BCUT2D eigenvalue weighted by molar-refractivity contribution is 7.99. The van der Waals surface area contributed by atoms with Gasteiger partial charge in [0.05, 0.1) is 18.7 Å². The van der Waals surface area contributed by atoms with E-state index in [4.69, 9.17) is 4.74 Å². The number of rotatable bonds is 9. The van der Waals surface area contributed by atoms with Gasteiger partial charge in [-0.1, -0.05) is 29.8 Å². The van der Waals surface area contributed by atoms with Crippen molar-refractivity contribution < 1.29 is 14.3 Å². The number of carbonyl (C=O) groups excluding carboxylic acids is 2. The van der Waals surface area contributed by atoms with Gasteiger partial charge in [-0.3, -0.25) is 9.59 Å². The zero-order chi connectivity index (χ0) is 18.8. The molecule has 0 radical (unpaired) electrons. The first-order valence-electron chi connectivity index (χ1n) is 8.56. The summed E-state index contributed by atoms with van der Waals surface area (Å²) >= 11 is 1.68. The maximum atomic E-state index is 12.2. The summed E-state index contributed by atoms with van der Waals surface area (Å²) in [6.07, 6.45) is 0. The number of thioether (sulfide) groups is 1. The highest BCUT2D eigenvalue weighted by Crippen LogP contribution is 2.18. The van der Waals surface area contributed by atoms with Crippen LogP contribution in [0.1, 0.15) is 22.8 Å². The van der Waals surface area contributed by atoms with E-state index in [1.54, 1.807) is 36.0 Å². The molecule has 138 valence electrons. The summed E-state index contributed by atoms with van der Waals surface area (Å²) in [4.78, 5) is 25.3. The molecule has 0 atom stereocenters. The third-order valence-corrected chi connectivity index (χ3v) is 4.57. The minimum Gasteiger partial charge on any atom is -0.493 e. The summed E-state index contributed by atoms with van der Waals surface area (Å²) in [6.45, 7) is 4.87. The van der Waals surface area contributed by atoms with E-state index in [9.17, 15) is 9.59 Å². The van der Waals surface area contributed by atoms with Crippen LogP contribution in [-0.2, 0) is 4.79 Å². The highest BCUT2D eigenvalue weighted by atomic mass is 32.2. The van der Waals surface area contributed by atoms with E-state index in [0.717, 1.165) is 5.75 Å². The van der Waals surface area contributed by atoms with Crippen molar-refractivity contribution in [3.05, 3.63) is 59.7 Å². The van der Waals surface area contributed by atoms with Gasteiger partial charge >= 0.3 is 0 Å². The van der Waals surface area contributed by atoms with Crippen LogP contribution in [0.2, 0.25) is 0 Å². The van der Waals surface area contributed by atoms with Crippen LogP contribution < -0.4 is 15.4 Å². The van der Waals surface area contributed by atoms with Crippen molar-refractivity contribution in [2.75, 3.05) is 25.4 Å². The fourth-order valence-electron chi connectivity index (χ4n) is 2.25. The monoisotopic (exact) mass is 372 g/mol. The van der Waals surface area contributed by atoms with Gasteiger partial charge in [-0.05, 0) is 38.1 Å². The first-order valence-corrected chi connectivity index (χ1v) is 9.55. The zero-order valence-corrected chi connectivity index (χ0v) is 15.9. The Kier molecular flexibility index (Phi) is 8.02. The zero-order valence-electron chi connectivity index (χ0n) is 15.1. The highest BCUT2D eigenvalue weighted by Gasteiger charge is 2.12. The molecule has 0 aliphatic rings. The quantitative estimate of drug-likeness (QED) is 0.524. The van der Waals surface area contributed by atoms with Crippen LogP contribution in [0.15, 0.2) is 53.4 Å². The third kappa shape index (κ3) is 6.44. The number of aryl methyl sites for hydroxylation is 1. The third-order valence-electron chi connectivity index (χ3n) is 3.55. The molecule has 2 aromatic rings. The lowest BCUT2D eigenvalue weighted by Crippen LogP contribution is -2.37. The average Bonchev–Trinajstić information content (AvgIpc) is 2.65. The molecule has 0 aliphatic heterocycles. The number of ether oxygens (including phenoxy) is 1. The molecule has 0 fully saturated rings. The Morgan fingerprint density at radius 2 is 1.77 bits per heavy atom. The first kappa shape index (κ1) is 19.8. The van der Waals surface area contributed by atoms with Crippen LogP contribution in [0.4, 0.5) is 0 Å². The van der Waals surface area contributed by atoms with E-state index in [1.165, 1.54) is 10.5 Å². The summed E-state index contributed by atoms with van der Waals surface area (Å²) in [6, 6.07) is 15.3. The Morgan fingerprint density at radius 1 is 1.04 bits per heavy atom. The van der Waals surface area contributed by atoms with Crippen LogP contribution in [-0.4, -0.2) is 37.3 Å². The topological polar surface area (TPSA) is 67.4 Å². The summed E-state index contributed by atoms with van der Waals surface area (Å²) in [5.41, 5.74) is 1.65. The summed E-state index contributed by atoms with van der Waals surface area (Å²) in [5.74, 6) is 0.757. The van der Waals surface area contributed by atoms with Crippen molar-refractivity contribution in [1.82, 2.24) is 10.6 Å². The largest absolute Gasteiger partial charge is 0.493 e. The smallest absolute Gasteiger partial charge is 0.255 e. The minimum absolute atomic E-state index is 0.0610. The second-order valence-corrected chi connectivity index (χ2v) is 6.79. The standard InChI is InChI=1S/C20H24N2O3S/c1-3-25-18-7-5-4-6-17(18)20(24)22-14-19(23)21-12-13-26-16-10-8-15(2)9-11-16/h4-11H,3,12-14H2,1-2H3,(H,21,23)(H,22,24). The maximum absolute atomic E-state index is 12.2. The first-order chi connectivity index (χ1) is 12.6. The molecule has 0 saturated carbocycles. The molecule has 2 aromatic carbocycles. The van der Waals surface area contributed by atoms with E-state index in [2.05, 4.69) is 41.8 Å². The number of carbonyl (C=O) groups is 2. The molecular formula is C20H24N2O3S. The Labute approximate surface area is 158 Å². The number of benzene rings is 2. The van der Waals surface area contributed by atoms with Gasteiger partial charge in [0.2, 0.25) is 5.91 Å². The van der Waals surface area contributed by atoms with E-state index in [-0.39, 0.29) is 18.4 Å². The molecule has 0 bridgehead atoms. The van der Waals surface area contributed by atoms with E-state index < -0.39 is 0 Å². The van der Waals surface area contributed by atoms with Crippen LogP contribution in [0.5, 0.6) is 5.75 Å². The average molecular weight is 372 g/mol. The van der Waals surface area contributed by atoms with Crippen LogP contribution >= 0.6 is 11.8 Å². The van der Waals surface area contributed by atoms with Gasteiger partial charge in [0.25, 0.3) is 5.91 Å². The van der Waals surface area contributed by atoms with Crippen molar-refractivity contribution in [2.45, 2.75) is 18.7 Å². The predicted molar refractivity (Wildman–Crippen MR) is 105 cm³/mol. The molecule has 0 unspecified atom stereocenters. The Hall–Kier alpha value is -2.47. The molecule has 0 heterocycles. The number of hydrogen-bond donors (Lipinski definition) is 2. The molecule has 0 aliphatic carbocycles. The van der Waals surface area contributed by atoms with Gasteiger partial charge in [0.15, 0.2) is 0 Å². The molecular weight excluding hydrogens is 348 g/mol. The van der Waals surface area contributed by atoms with Gasteiger partial charge in [-0.2, -0.15) is 0 Å². The van der Waals surface area contributed by atoms with Crippen molar-refractivity contribution in [3.63, 3.8) is 0 Å². The Balaban J connectivity index is 1.70. The molecule has 26 heavy (non-hydrogen) atoms. The van der Waals surface area contributed by atoms with Crippen molar-refractivity contribution >= 4 is 23.6 Å². The molecule has 2 N–H and O–H groups in total. The second-order valence-electron chi connectivity index (χ2n) is 5.62. The molecule has 0 aromatic heterocycles. The Morgan fingerprint density at radius 3 is 2.50 bits per heavy atom. The summed E-state index contributed by atoms with van der Waals surface area (Å²) < 4.78 is 5.43. The van der Waals surface area contributed by atoms with Gasteiger partial charge in [-0.15, -0.1) is 11.8 Å². The van der Waals surface area contributed by atoms with E-state index >= 15 is 0 Å².